The van der Waals surface area contributed by atoms with Crippen molar-refractivity contribution in [1.29, 1.82) is 0 Å². The summed E-state index contributed by atoms with van der Waals surface area (Å²) in [6, 6.07) is 5.52. The zero-order valence-electron chi connectivity index (χ0n) is 17.4. The number of fused-ring (bicyclic) bond motifs is 1. The standard InChI is InChI=1S/C20H21FN6O4/c1-10(2)31-19-16-18(25-20(26-19)23-12(4)29)27(9-15(30)22-11(3)28)17(24-16)13-5-7-14(21)8-6-13/h5-8,10H,9H2,1-4H3,(H,22,28,30)(H,23,25,26,29). The van der Waals surface area contributed by atoms with Crippen LogP contribution in [-0.4, -0.2) is 43.3 Å². The van der Waals surface area contributed by atoms with Gasteiger partial charge in [0.25, 0.3) is 0 Å². The second-order valence-electron chi connectivity index (χ2n) is 7.01. The summed E-state index contributed by atoms with van der Waals surface area (Å²) >= 11 is 0. The molecule has 3 rings (SSSR count). The summed E-state index contributed by atoms with van der Waals surface area (Å²) in [6.45, 7) is 5.81. The summed E-state index contributed by atoms with van der Waals surface area (Å²) in [5.41, 5.74) is 0.955. The predicted octanol–water partition coefficient (Wildman–Crippen LogP) is 2.04. The van der Waals surface area contributed by atoms with Crippen LogP contribution in [0.25, 0.3) is 22.6 Å². The van der Waals surface area contributed by atoms with Crippen molar-refractivity contribution >= 4 is 34.8 Å². The molecule has 0 unspecified atom stereocenters. The quantitative estimate of drug-likeness (QED) is 0.615. The molecule has 31 heavy (non-hydrogen) atoms. The molecule has 0 aliphatic carbocycles. The molecule has 2 heterocycles. The molecule has 0 bridgehead atoms. The number of nitrogens with zero attached hydrogens (tertiary/aromatic N) is 4. The van der Waals surface area contributed by atoms with E-state index in [1.54, 1.807) is 13.8 Å². The molecule has 1 aromatic carbocycles. The smallest absolute Gasteiger partial charge is 0.247 e. The zero-order valence-corrected chi connectivity index (χ0v) is 17.4. The molecule has 10 nitrogen and oxygen atoms in total. The third-order valence-electron chi connectivity index (χ3n) is 3.92. The molecule has 0 fully saturated rings. The van der Waals surface area contributed by atoms with Crippen LogP contribution in [0.1, 0.15) is 27.7 Å². The van der Waals surface area contributed by atoms with Crippen LogP contribution in [0.4, 0.5) is 10.3 Å². The number of anilines is 1. The van der Waals surface area contributed by atoms with Crippen molar-refractivity contribution in [2.45, 2.75) is 40.3 Å². The molecule has 3 aromatic rings. The normalized spacial score (nSPS) is 10.9. The van der Waals surface area contributed by atoms with Crippen LogP contribution in [0.2, 0.25) is 0 Å². The average Bonchev–Trinajstić information content (AvgIpc) is 2.99. The summed E-state index contributed by atoms with van der Waals surface area (Å²) in [6.07, 6.45) is -0.260. The summed E-state index contributed by atoms with van der Waals surface area (Å²) in [5.74, 6) is -1.58. The number of aromatic nitrogens is 4. The Morgan fingerprint density at radius 2 is 1.74 bits per heavy atom. The molecule has 0 radical (unpaired) electrons. The Bertz CT molecular complexity index is 1160. The molecule has 0 aliphatic heterocycles. The number of imide groups is 1. The number of carbonyl (C=O) groups excluding carboxylic acids is 3. The number of ether oxygens (including phenoxy) is 1. The number of imidazole rings is 1. The second-order valence-corrected chi connectivity index (χ2v) is 7.01. The average molecular weight is 428 g/mol. The highest BCUT2D eigenvalue weighted by Crippen LogP contribution is 2.30. The van der Waals surface area contributed by atoms with Crippen molar-refractivity contribution in [2.24, 2.45) is 0 Å². The third kappa shape index (κ3) is 5.18. The molecular weight excluding hydrogens is 407 g/mol. The minimum Gasteiger partial charge on any atom is -0.473 e. The highest BCUT2D eigenvalue weighted by molar-refractivity contribution is 5.95. The van der Waals surface area contributed by atoms with Crippen molar-refractivity contribution < 1.29 is 23.5 Å². The van der Waals surface area contributed by atoms with Crippen molar-refractivity contribution in [1.82, 2.24) is 24.8 Å². The number of hydrogen-bond acceptors (Lipinski definition) is 7. The van der Waals surface area contributed by atoms with Gasteiger partial charge in [-0.1, -0.05) is 0 Å². The number of halogens is 1. The fourth-order valence-corrected chi connectivity index (χ4v) is 2.84. The van der Waals surface area contributed by atoms with E-state index in [0.717, 1.165) is 0 Å². The van der Waals surface area contributed by atoms with Crippen LogP contribution in [0.5, 0.6) is 5.88 Å². The van der Waals surface area contributed by atoms with Crippen molar-refractivity contribution in [2.75, 3.05) is 5.32 Å². The summed E-state index contributed by atoms with van der Waals surface area (Å²) in [5, 5.41) is 4.69. The van der Waals surface area contributed by atoms with Gasteiger partial charge < -0.3 is 4.74 Å². The number of amides is 3. The third-order valence-corrected chi connectivity index (χ3v) is 3.92. The van der Waals surface area contributed by atoms with E-state index >= 15 is 0 Å². The van der Waals surface area contributed by atoms with Crippen LogP contribution in [0.15, 0.2) is 24.3 Å². The molecule has 0 saturated carbocycles. The molecular formula is C20H21FN6O4. The van der Waals surface area contributed by atoms with Crippen LogP contribution >= 0.6 is 0 Å². The Morgan fingerprint density at radius 3 is 2.32 bits per heavy atom. The van der Waals surface area contributed by atoms with Gasteiger partial charge in [-0.05, 0) is 38.1 Å². The lowest BCUT2D eigenvalue weighted by Crippen LogP contribution is -2.31. The molecule has 0 spiro atoms. The highest BCUT2D eigenvalue weighted by atomic mass is 19.1. The Hall–Kier alpha value is -3.89. The maximum absolute atomic E-state index is 13.4. The molecule has 0 saturated heterocycles. The molecule has 2 N–H and O–H groups in total. The monoisotopic (exact) mass is 428 g/mol. The molecule has 11 heteroatoms. The first-order valence-electron chi connectivity index (χ1n) is 9.43. The molecule has 162 valence electrons. The molecule has 2 aromatic heterocycles. The van der Waals surface area contributed by atoms with Crippen LogP contribution < -0.4 is 15.4 Å². The zero-order chi connectivity index (χ0) is 22.7. The molecule has 3 amide bonds. The lowest BCUT2D eigenvalue weighted by molar-refractivity contribution is -0.129. The van der Waals surface area contributed by atoms with E-state index < -0.39 is 23.5 Å². The largest absolute Gasteiger partial charge is 0.473 e. The van der Waals surface area contributed by atoms with Gasteiger partial charge in [-0.3, -0.25) is 29.6 Å². The Kier molecular flexibility index (Phi) is 6.23. The summed E-state index contributed by atoms with van der Waals surface area (Å²) in [7, 11) is 0. The van der Waals surface area contributed by atoms with Gasteiger partial charge in [0, 0.05) is 19.4 Å². The first-order chi connectivity index (χ1) is 14.6. The molecule has 0 atom stereocenters. The SMILES string of the molecule is CC(=O)NC(=O)Cn1c(-c2ccc(F)cc2)nc2c(OC(C)C)nc(NC(C)=O)nc21. The van der Waals surface area contributed by atoms with E-state index in [-0.39, 0.29) is 41.5 Å². The van der Waals surface area contributed by atoms with E-state index in [2.05, 4.69) is 25.6 Å². The summed E-state index contributed by atoms with van der Waals surface area (Å²) < 4.78 is 20.6. The number of hydrogen-bond donors (Lipinski definition) is 2. The van der Waals surface area contributed by atoms with E-state index in [1.807, 2.05) is 0 Å². The Balaban J connectivity index is 2.25. The Morgan fingerprint density at radius 1 is 1.06 bits per heavy atom. The van der Waals surface area contributed by atoms with Gasteiger partial charge in [-0.15, -0.1) is 0 Å². The van der Waals surface area contributed by atoms with Crippen LogP contribution in [-0.2, 0) is 20.9 Å². The van der Waals surface area contributed by atoms with Gasteiger partial charge in [-0.2, -0.15) is 9.97 Å². The Labute approximate surface area is 176 Å². The van der Waals surface area contributed by atoms with E-state index in [4.69, 9.17) is 4.74 Å². The predicted molar refractivity (Wildman–Crippen MR) is 110 cm³/mol. The topological polar surface area (TPSA) is 128 Å². The fourth-order valence-electron chi connectivity index (χ4n) is 2.84. The van der Waals surface area contributed by atoms with Gasteiger partial charge >= 0.3 is 0 Å². The maximum Gasteiger partial charge on any atom is 0.247 e. The van der Waals surface area contributed by atoms with Gasteiger partial charge in [-0.25, -0.2) is 9.37 Å². The minimum atomic E-state index is -0.596. The number of carbonyl (C=O) groups is 3. The fraction of sp³-hybridized carbons (Fsp3) is 0.300. The number of nitrogens with one attached hydrogen (secondary N) is 2. The first kappa shape index (κ1) is 21.8. The lowest BCUT2D eigenvalue weighted by atomic mass is 10.2. The van der Waals surface area contributed by atoms with Gasteiger partial charge in [0.15, 0.2) is 11.2 Å². The second kappa shape index (κ2) is 8.86. The van der Waals surface area contributed by atoms with E-state index in [0.29, 0.717) is 5.56 Å². The minimum absolute atomic E-state index is 0.0329. The van der Waals surface area contributed by atoms with Crippen LogP contribution in [0.3, 0.4) is 0 Å². The molecule has 0 aliphatic rings. The van der Waals surface area contributed by atoms with Gasteiger partial charge in [0.1, 0.15) is 18.2 Å². The van der Waals surface area contributed by atoms with Crippen molar-refractivity contribution in [3.63, 3.8) is 0 Å². The van der Waals surface area contributed by atoms with Gasteiger partial charge in [0.2, 0.25) is 29.5 Å². The van der Waals surface area contributed by atoms with Crippen molar-refractivity contribution in [3.05, 3.63) is 30.1 Å². The maximum atomic E-state index is 13.4. The first-order valence-corrected chi connectivity index (χ1v) is 9.43. The van der Waals surface area contributed by atoms with Crippen LogP contribution in [0, 0.1) is 5.82 Å². The highest BCUT2D eigenvalue weighted by Gasteiger charge is 2.23. The van der Waals surface area contributed by atoms with E-state index in [9.17, 15) is 18.8 Å². The van der Waals surface area contributed by atoms with Gasteiger partial charge in [0.05, 0.1) is 6.10 Å². The van der Waals surface area contributed by atoms with Crippen molar-refractivity contribution in [3.8, 4) is 17.3 Å². The van der Waals surface area contributed by atoms with E-state index in [1.165, 1.54) is 42.7 Å². The summed E-state index contributed by atoms with van der Waals surface area (Å²) in [4.78, 5) is 48.2. The number of benzene rings is 1. The lowest BCUT2D eigenvalue weighted by Gasteiger charge is -2.11. The number of rotatable bonds is 6.